The lowest BCUT2D eigenvalue weighted by molar-refractivity contribution is -0.159. The molecule has 34 heavy (non-hydrogen) atoms. The molecule has 2 aromatic heterocycles. The highest BCUT2D eigenvalue weighted by Gasteiger charge is 2.38. The summed E-state index contributed by atoms with van der Waals surface area (Å²) < 4.78 is 48.1. The Morgan fingerprint density at radius 1 is 1.00 bits per heavy atom. The van der Waals surface area contributed by atoms with Gasteiger partial charge in [0.05, 0.1) is 5.69 Å². The number of aromatic nitrogens is 3. The Morgan fingerprint density at radius 3 is 2.41 bits per heavy atom. The second-order valence-corrected chi connectivity index (χ2v) is 8.59. The van der Waals surface area contributed by atoms with Gasteiger partial charge in [0, 0.05) is 34.7 Å². The van der Waals surface area contributed by atoms with Crippen molar-refractivity contribution in [1.29, 1.82) is 0 Å². The Labute approximate surface area is 204 Å². The first-order valence-electron chi connectivity index (χ1n) is 10.0. The van der Waals surface area contributed by atoms with Crippen molar-refractivity contribution < 1.29 is 22.1 Å². The molecule has 4 aromatic rings. The van der Waals surface area contributed by atoms with E-state index in [-0.39, 0.29) is 23.6 Å². The van der Waals surface area contributed by atoms with Gasteiger partial charge in [-0.25, -0.2) is 4.98 Å². The van der Waals surface area contributed by atoms with Gasteiger partial charge in [0.25, 0.3) is 0 Å². The van der Waals surface area contributed by atoms with E-state index in [1.807, 2.05) is 32.0 Å². The van der Waals surface area contributed by atoms with Gasteiger partial charge in [-0.15, -0.1) is 12.4 Å². The number of rotatable bonds is 7. The van der Waals surface area contributed by atoms with Crippen LogP contribution in [0.15, 0.2) is 63.7 Å². The molecule has 2 aromatic carbocycles. The molecule has 4 rings (SSSR count). The second kappa shape index (κ2) is 10.2. The van der Waals surface area contributed by atoms with Crippen molar-refractivity contribution in [1.82, 2.24) is 20.4 Å². The van der Waals surface area contributed by atoms with Crippen LogP contribution in [0.4, 0.5) is 13.2 Å². The molecule has 0 aliphatic carbocycles. The Morgan fingerprint density at radius 2 is 1.74 bits per heavy atom. The molecule has 2 heterocycles. The third-order valence-electron chi connectivity index (χ3n) is 5.04. The highest BCUT2D eigenvalue weighted by atomic mass is 35.5. The average molecular weight is 513 g/mol. The van der Waals surface area contributed by atoms with E-state index >= 15 is 0 Å². The third-order valence-corrected chi connectivity index (χ3v) is 5.29. The summed E-state index contributed by atoms with van der Waals surface area (Å²) in [5.74, 6) is -0.962. The van der Waals surface area contributed by atoms with E-state index in [4.69, 9.17) is 16.0 Å². The quantitative estimate of drug-likeness (QED) is 0.302. The van der Waals surface area contributed by atoms with Gasteiger partial charge in [0.2, 0.25) is 11.7 Å². The number of alkyl halides is 3. The van der Waals surface area contributed by atoms with Crippen LogP contribution in [0.1, 0.15) is 31.0 Å². The van der Waals surface area contributed by atoms with Crippen molar-refractivity contribution >= 4 is 24.0 Å². The minimum Gasteiger partial charge on any atom is -0.444 e. The summed E-state index contributed by atoms with van der Waals surface area (Å²) >= 11 is 5.93. The van der Waals surface area contributed by atoms with Gasteiger partial charge in [-0.3, -0.25) is 0 Å². The Hall–Kier alpha value is -2.88. The van der Waals surface area contributed by atoms with E-state index in [0.717, 1.165) is 16.8 Å². The number of hydrogen-bond acceptors (Lipinski definition) is 6. The SMILES string of the molecule is CC(C)(CNCc1cccc(-c2noc(C(F)(F)F)n2)c1)c1coc(-c2ccc(Cl)cc2)n1.Cl. The molecule has 0 saturated heterocycles. The van der Waals surface area contributed by atoms with Gasteiger partial charge >= 0.3 is 12.1 Å². The summed E-state index contributed by atoms with van der Waals surface area (Å²) in [7, 11) is 0. The van der Waals surface area contributed by atoms with E-state index in [9.17, 15) is 13.2 Å². The molecule has 0 atom stereocenters. The fourth-order valence-corrected chi connectivity index (χ4v) is 3.32. The predicted molar refractivity (Wildman–Crippen MR) is 124 cm³/mol. The molecule has 0 aliphatic rings. The lowest BCUT2D eigenvalue weighted by Crippen LogP contribution is -2.33. The zero-order valence-electron chi connectivity index (χ0n) is 18.2. The van der Waals surface area contributed by atoms with E-state index < -0.39 is 12.1 Å². The zero-order chi connectivity index (χ0) is 23.6. The molecule has 180 valence electrons. The van der Waals surface area contributed by atoms with Crippen LogP contribution in [0, 0.1) is 0 Å². The number of hydrogen-bond donors (Lipinski definition) is 1. The first kappa shape index (κ1) is 25.7. The molecular weight excluding hydrogens is 492 g/mol. The third kappa shape index (κ3) is 5.97. The smallest absolute Gasteiger partial charge is 0.444 e. The van der Waals surface area contributed by atoms with Gasteiger partial charge in [-0.1, -0.05) is 48.8 Å². The van der Waals surface area contributed by atoms with Gasteiger partial charge in [0.1, 0.15) is 6.26 Å². The Bertz CT molecular complexity index is 1240. The molecule has 6 nitrogen and oxygen atoms in total. The largest absolute Gasteiger partial charge is 0.471 e. The predicted octanol–water partition coefficient (Wildman–Crippen LogP) is 6.55. The molecule has 0 saturated carbocycles. The van der Waals surface area contributed by atoms with Crippen LogP contribution < -0.4 is 5.32 Å². The number of nitrogens with zero attached hydrogens (tertiary/aromatic N) is 3. The van der Waals surface area contributed by atoms with E-state index in [1.54, 1.807) is 36.6 Å². The molecule has 0 spiro atoms. The fraction of sp³-hybridized carbons (Fsp3) is 0.261. The van der Waals surface area contributed by atoms with Crippen molar-refractivity contribution in [2.24, 2.45) is 0 Å². The van der Waals surface area contributed by atoms with Crippen molar-refractivity contribution in [3.05, 3.63) is 77.0 Å². The van der Waals surface area contributed by atoms with Crippen LogP contribution in [0.25, 0.3) is 22.8 Å². The van der Waals surface area contributed by atoms with Crippen LogP contribution in [-0.2, 0) is 18.1 Å². The summed E-state index contributed by atoms with van der Waals surface area (Å²) in [5.41, 5.74) is 2.60. The summed E-state index contributed by atoms with van der Waals surface area (Å²) in [6.45, 7) is 5.16. The first-order chi connectivity index (χ1) is 15.6. The monoisotopic (exact) mass is 512 g/mol. The first-order valence-corrected chi connectivity index (χ1v) is 10.4. The number of oxazole rings is 1. The normalized spacial score (nSPS) is 11.9. The van der Waals surface area contributed by atoms with Crippen molar-refractivity contribution in [2.75, 3.05) is 6.54 Å². The second-order valence-electron chi connectivity index (χ2n) is 8.15. The molecular formula is C23H21Cl2F3N4O2. The van der Waals surface area contributed by atoms with Crippen molar-refractivity contribution in [3.63, 3.8) is 0 Å². The molecule has 0 aliphatic heterocycles. The molecule has 0 fully saturated rings. The maximum atomic E-state index is 12.7. The lowest BCUT2D eigenvalue weighted by atomic mass is 9.90. The van der Waals surface area contributed by atoms with Crippen LogP contribution in [0.3, 0.4) is 0 Å². The lowest BCUT2D eigenvalue weighted by Gasteiger charge is -2.22. The highest BCUT2D eigenvalue weighted by molar-refractivity contribution is 6.30. The summed E-state index contributed by atoms with van der Waals surface area (Å²) in [6.07, 6.45) is -3.04. The maximum Gasteiger partial charge on any atom is 0.471 e. The molecule has 0 bridgehead atoms. The highest BCUT2D eigenvalue weighted by Crippen LogP contribution is 2.30. The fourth-order valence-electron chi connectivity index (χ4n) is 3.20. The number of nitrogens with one attached hydrogen (secondary N) is 1. The van der Waals surface area contributed by atoms with E-state index in [1.165, 1.54) is 0 Å². The van der Waals surface area contributed by atoms with Crippen LogP contribution in [0.5, 0.6) is 0 Å². The Balaban J connectivity index is 0.00000324. The van der Waals surface area contributed by atoms with Crippen molar-refractivity contribution in [2.45, 2.75) is 32.0 Å². The Kier molecular flexibility index (Phi) is 7.70. The molecule has 1 N–H and O–H groups in total. The minimum atomic E-state index is -4.68. The van der Waals surface area contributed by atoms with Gasteiger partial charge < -0.3 is 14.3 Å². The molecule has 11 heteroatoms. The average Bonchev–Trinajstić information content (AvgIpc) is 3.45. The number of halogens is 5. The van der Waals surface area contributed by atoms with Crippen LogP contribution in [0.2, 0.25) is 5.02 Å². The molecule has 0 radical (unpaired) electrons. The van der Waals surface area contributed by atoms with Crippen molar-refractivity contribution in [3.8, 4) is 22.8 Å². The maximum absolute atomic E-state index is 12.7. The summed E-state index contributed by atoms with van der Waals surface area (Å²) in [5, 5.41) is 7.43. The zero-order valence-corrected chi connectivity index (χ0v) is 19.8. The van der Waals surface area contributed by atoms with Crippen LogP contribution >= 0.6 is 24.0 Å². The van der Waals surface area contributed by atoms with Gasteiger partial charge in [0.15, 0.2) is 0 Å². The minimum absolute atomic E-state index is 0. The summed E-state index contributed by atoms with van der Waals surface area (Å²) in [4.78, 5) is 8.05. The summed E-state index contributed by atoms with van der Waals surface area (Å²) in [6, 6.07) is 14.2. The van der Waals surface area contributed by atoms with Gasteiger partial charge in [-0.2, -0.15) is 18.2 Å². The van der Waals surface area contributed by atoms with E-state index in [2.05, 4.69) is 25.0 Å². The van der Waals surface area contributed by atoms with E-state index in [0.29, 0.717) is 29.6 Å². The molecule has 0 amide bonds. The van der Waals surface area contributed by atoms with Crippen LogP contribution in [-0.4, -0.2) is 21.7 Å². The standard InChI is InChI=1S/C23H20ClF3N4O2.ClH/c1-22(2,18-12-32-20(29-18)15-6-8-17(24)9-7-15)13-28-11-14-4-3-5-16(10-14)19-30-21(33-31-19)23(25,26)27;/h3-10,12,28H,11,13H2,1-2H3;1H. The number of benzene rings is 2. The van der Waals surface area contributed by atoms with Gasteiger partial charge in [-0.05, 0) is 35.9 Å². The topological polar surface area (TPSA) is 77.0 Å². The molecule has 0 unspecified atom stereocenters.